The first-order chi connectivity index (χ1) is 10.1. The van der Waals surface area contributed by atoms with Crippen molar-refractivity contribution in [2.75, 3.05) is 5.75 Å². The van der Waals surface area contributed by atoms with E-state index in [9.17, 15) is 0 Å². The minimum Gasteiger partial charge on any atom is -0.303 e. The van der Waals surface area contributed by atoms with E-state index in [1.165, 1.54) is 16.0 Å². The Kier molecular flexibility index (Phi) is 4.95. The Bertz CT molecular complexity index is 646. The molecule has 0 fully saturated rings. The third kappa shape index (κ3) is 3.65. The minimum absolute atomic E-state index is 0.308. The van der Waals surface area contributed by atoms with E-state index < -0.39 is 0 Å². The third-order valence-electron chi connectivity index (χ3n) is 3.81. The van der Waals surface area contributed by atoms with Crippen LogP contribution in [0.3, 0.4) is 0 Å². The highest BCUT2D eigenvalue weighted by Gasteiger charge is 2.22. The van der Waals surface area contributed by atoms with Gasteiger partial charge in [0, 0.05) is 26.5 Å². The molecule has 0 saturated carbocycles. The van der Waals surface area contributed by atoms with Gasteiger partial charge in [-0.15, -0.1) is 11.8 Å². The molecule has 2 atom stereocenters. The first kappa shape index (κ1) is 15.4. The van der Waals surface area contributed by atoms with Crippen molar-refractivity contribution in [1.29, 1.82) is 0 Å². The van der Waals surface area contributed by atoms with Gasteiger partial charge < -0.3 is 5.32 Å². The SMILES string of the molecule is CC(NC1CCSc2ccc(Cl)cc21)c1cccc(Br)c1. The van der Waals surface area contributed by atoms with Crippen molar-refractivity contribution in [2.24, 2.45) is 0 Å². The molecule has 0 aliphatic carbocycles. The molecule has 1 nitrogen and oxygen atoms in total. The maximum Gasteiger partial charge on any atom is 0.0410 e. The summed E-state index contributed by atoms with van der Waals surface area (Å²) in [5, 5.41) is 4.57. The highest BCUT2D eigenvalue weighted by Crippen LogP contribution is 2.38. The number of rotatable bonds is 3. The van der Waals surface area contributed by atoms with Crippen molar-refractivity contribution in [2.45, 2.75) is 30.3 Å². The molecular formula is C17H17BrClNS. The summed E-state index contributed by atoms with van der Waals surface area (Å²) >= 11 is 11.6. The number of hydrogen-bond donors (Lipinski definition) is 1. The summed E-state index contributed by atoms with van der Waals surface area (Å²) in [6.45, 7) is 2.22. The van der Waals surface area contributed by atoms with Gasteiger partial charge in [-0.2, -0.15) is 0 Å². The highest BCUT2D eigenvalue weighted by molar-refractivity contribution is 9.10. The predicted octanol–water partition coefficient (Wildman–Crippen LogP) is 5.99. The van der Waals surface area contributed by atoms with E-state index in [2.05, 4.69) is 64.6 Å². The van der Waals surface area contributed by atoms with E-state index in [4.69, 9.17) is 11.6 Å². The van der Waals surface area contributed by atoms with Gasteiger partial charge in [0.05, 0.1) is 0 Å². The van der Waals surface area contributed by atoms with Crippen LogP contribution in [0.1, 0.15) is 36.6 Å². The lowest BCUT2D eigenvalue weighted by molar-refractivity contribution is 0.450. The molecule has 1 aliphatic rings. The van der Waals surface area contributed by atoms with E-state index in [0.29, 0.717) is 12.1 Å². The zero-order chi connectivity index (χ0) is 14.8. The van der Waals surface area contributed by atoms with Crippen LogP contribution in [0.25, 0.3) is 0 Å². The molecule has 0 amide bonds. The van der Waals surface area contributed by atoms with Crippen molar-refractivity contribution in [3.63, 3.8) is 0 Å². The van der Waals surface area contributed by atoms with E-state index in [0.717, 1.165) is 21.7 Å². The van der Waals surface area contributed by atoms with Crippen molar-refractivity contribution in [3.05, 3.63) is 63.1 Å². The molecule has 1 aliphatic heterocycles. The lowest BCUT2D eigenvalue weighted by Gasteiger charge is -2.29. The number of nitrogens with one attached hydrogen (secondary N) is 1. The van der Waals surface area contributed by atoms with Crippen molar-refractivity contribution < 1.29 is 0 Å². The third-order valence-corrected chi connectivity index (χ3v) is 5.66. The minimum atomic E-state index is 0.308. The summed E-state index contributed by atoms with van der Waals surface area (Å²) in [6.07, 6.45) is 1.14. The molecule has 2 aromatic rings. The monoisotopic (exact) mass is 381 g/mol. The molecule has 1 N–H and O–H groups in total. The number of hydrogen-bond acceptors (Lipinski definition) is 2. The highest BCUT2D eigenvalue weighted by atomic mass is 79.9. The van der Waals surface area contributed by atoms with Crippen LogP contribution in [-0.4, -0.2) is 5.75 Å². The summed E-state index contributed by atoms with van der Waals surface area (Å²) < 4.78 is 1.12. The second-order valence-corrected chi connectivity index (χ2v) is 7.80. The molecule has 110 valence electrons. The Labute approximate surface area is 143 Å². The standard InChI is InChI=1S/C17H17BrClNS/c1-11(12-3-2-4-13(18)9-12)20-16-7-8-21-17-6-5-14(19)10-15(16)17/h2-6,9-11,16,20H,7-8H2,1H3. The molecule has 4 heteroatoms. The fourth-order valence-electron chi connectivity index (χ4n) is 2.71. The topological polar surface area (TPSA) is 12.0 Å². The maximum atomic E-state index is 6.17. The molecular weight excluding hydrogens is 366 g/mol. The second-order valence-electron chi connectivity index (χ2n) is 5.32. The van der Waals surface area contributed by atoms with Gasteiger partial charge in [0.15, 0.2) is 0 Å². The first-order valence-electron chi connectivity index (χ1n) is 7.07. The number of halogens is 2. The van der Waals surface area contributed by atoms with Crippen LogP contribution >= 0.6 is 39.3 Å². The van der Waals surface area contributed by atoms with Crippen molar-refractivity contribution in [1.82, 2.24) is 5.32 Å². The Morgan fingerprint density at radius 1 is 1.29 bits per heavy atom. The van der Waals surface area contributed by atoms with Gasteiger partial charge in [0.2, 0.25) is 0 Å². The Morgan fingerprint density at radius 3 is 2.95 bits per heavy atom. The van der Waals surface area contributed by atoms with Crippen LogP contribution < -0.4 is 5.32 Å². The quantitative estimate of drug-likeness (QED) is 0.699. The molecule has 0 bridgehead atoms. The fourth-order valence-corrected chi connectivity index (χ4v) is 4.42. The van der Waals surface area contributed by atoms with Crippen LogP contribution in [-0.2, 0) is 0 Å². The molecule has 0 aromatic heterocycles. The lowest BCUT2D eigenvalue weighted by atomic mass is 10.0. The van der Waals surface area contributed by atoms with E-state index in [-0.39, 0.29) is 0 Å². The molecule has 0 spiro atoms. The zero-order valence-corrected chi connectivity index (χ0v) is 14.9. The molecule has 2 aromatic carbocycles. The molecule has 21 heavy (non-hydrogen) atoms. The fraction of sp³-hybridized carbons (Fsp3) is 0.294. The van der Waals surface area contributed by atoms with Crippen LogP contribution in [0, 0.1) is 0 Å². The Balaban J connectivity index is 1.81. The van der Waals surface area contributed by atoms with Gasteiger partial charge in [0.1, 0.15) is 0 Å². The van der Waals surface area contributed by atoms with Gasteiger partial charge in [-0.25, -0.2) is 0 Å². The number of thioether (sulfide) groups is 1. The van der Waals surface area contributed by atoms with Gasteiger partial charge in [0.25, 0.3) is 0 Å². The van der Waals surface area contributed by atoms with Crippen LogP contribution in [0.5, 0.6) is 0 Å². The van der Waals surface area contributed by atoms with Crippen LogP contribution in [0.2, 0.25) is 5.02 Å². The Hall–Kier alpha value is -0.480. The van der Waals surface area contributed by atoms with Gasteiger partial charge >= 0.3 is 0 Å². The smallest absolute Gasteiger partial charge is 0.0410 e. The van der Waals surface area contributed by atoms with Crippen molar-refractivity contribution in [3.8, 4) is 0 Å². The van der Waals surface area contributed by atoms with Crippen LogP contribution in [0.4, 0.5) is 0 Å². The van der Waals surface area contributed by atoms with Gasteiger partial charge in [-0.3, -0.25) is 0 Å². The van der Waals surface area contributed by atoms with Gasteiger partial charge in [-0.1, -0.05) is 39.7 Å². The largest absolute Gasteiger partial charge is 0.303 e. The second kappa shape index (κ2) is 6.74. The lowest BCUT2D eigenvalue weighted by Crippen LogP contribution is -2.27. The summed E-state index contributed by atoms with van der Waals surface area (Å²) in [5.74, 6) is 1.15. The molecule has 3 rings (SSSR count). The summed E-state index contributed by atoms with van der Waals surface area (Å²) in [6, 6.07) is 15.4. The maximum absolute atomic E-state index is 6.17. The summed E-state index contributed by atoms with van der Waals surface area (Å²) in [7, 11) is 0. The average Bonchev–Trinajstić information content (AvgIpc) is 2.48. The molecule has 1 heterocycles. The normalized spacial score (nSPS) is 19.1. The number of benzene rings is 2. The first-order valence-corrected chi connectivity index (χ1v) is 9.23. The van der Waals surface area contributed by atoms with Gasteiger partial charge in [-0.05, 0) is 60.6 Å². The summed E-state index contributed by atoms with van der Waals surface area (Å²) in [4.78, 5) is 1.35. The van der Waals surface area contributed by atoms with E-state index >= 15 is 0 Å². The number of fused-ring (bicyclic) bond motifs is 1. The molecule has 2 unspecified atom stereocenters. The predicted molar refractivity (Wildman–Crippen MR) is 95.2 cm³/mol. The average molecular weight is 383 g/mol. The molecule has 0 saturated heterocycles. The van der Waals surface area contributed by atoms with Crippen molar-refractivity contribution >= 4 is 39.3 Å². The Morgan fingerprint density at radius 2 is 2.14 bits per heavy atom. The van der Waals surface area contributed by atoms with E-state index in [1.54, 1.807) is 0 Å². The van der Waals surface area contributed by atoms with E-state index in [1.807, 2.05) is 17.8 Å². The summed E-state index contributed by atoms with van der Waals surface area (Å²) in [5.41, 5.74) is 2.63. The van der Waals surface area contributed by atoms with Crippen LogP contribution in [0.15, 0.2) is 51.8 Å². The zero-order valence-electron chi connectivity index (χ0n) is 11.8. The molecule has 0 radical (unpaired) electrons.